The van der Waals surface area contributed by atoms with Crippen molar-refractivity contribution in [3.8, 4) is 0 Å². The molecule has 8 nitrogen and oxygen atoms in total. The van der Waals surface area contributed by atoms with Crippen molar-refractivity contribution in [2.24, 2.45) is 35.5 Å². The molecular formula is C27H39NO7. The zero-order valence-electron chi connectivity index (χ0n) is 20.6. The molecule has 1 amide bonds. The lowest BCUT2D eigenvalue weighted by molar-refractivity contribution is -0.160. The Hall–Kier alpha value is -1.93. The minimum atomic E-state index is -0.494. The van der Waals surface area contributed by atoms with E-state index in [1.54, 1.807) is 0 Å². The molecule has 5 fully saturated rings. The van der Waals surface area contributed by atoms with Crippen LogP contribution in [0.15, 0.2) is 12.2 Å². The molecule has 5 aliphatic rings. The van der Waals surface area contributed by atoms with Gasteiger partial charge in [-0.2, -0.15) is 0 Å². The van der Waals surface area contributed by atoms with Crippen LogP contribution in [-0.4, -0.2) is 63.0 Å². The molecule has 2 saturated heterocycles. The van der Waals surface area contributed by atoms with Crippen molar-refractivity contribution in [3.63, 3.8) is 0 Å². The van der Waals surface area contributed by atoms with Gasteiger partial charge >= 0.3 is 11.9 Å². The van der Waals surface area contributed by atoms with Crippen molar-refractivity contribution < 1.29 is 33.3 Å². The lowest BCUT2D eigenvalue weighted by Crippen LogP contribution is -2.43. The molecule has 6 atom stereocenters. The van der Waals surface area contributed by atoms with E-state index in [0.29, 0.717) is 44.4 Å². The van der Waals surface area contributed by atoms with E-state index in [9.17, 15) is 14.4 Å². The van der Waals surface area contributed by atoms with Crippen LogP contribution in [-0.2, 0) is 33.3 Å². The highest BCUT2D eigenvalue weighted by atomic mass is 16.6. The maximum atomic E-state index is 13.2. The summed E-state index contributed by atoms with van der Waals surface area (Å²) in [5.41, 5.74) is 0.985. The number of amides is 1. The largest absolute Gasteiger partial charge is 0.465 e. The van der Waals surface area contributed by atoms with Gasteiger partial charge in [-0.15, -0.1) is 0 Å². The summed E-state index contributed by atoms with van der Waals surface area (Å²) < 4.78 is 21.8. The van der Waals surface area contributed by atoms with Crippen LogP contribution in [0.4, 0.5) is 0 Å². The van der Waals surface area contributed by atoms with Gasteiger partial charge in [0.1, 0.15) is 12.7 Å². The molecule has 0 bridgehead atoms. The van der Waals surface area contributed by atoms with Gasteiger partial charge in [0.15, 0.2) is 0 Å². The average molecular weight is 490 g/mol. The lowest BCUT2D eigenvalue weighted by atomic mass is 9.64. The molecule has 0 aromatic carbocycles. The van der Waals surface area contributed by atoms with E-state index in [2.05, 4.69) is 11.9 Å². The number of hydrogen-bond donors (Lipinski definition) is 1. The van der Waals surface area contributed by atoms with Crippen LogP contribution in [0.3, 0.4) is 0 Å². The van der Waals surface area contributed by atoms with Gasteiger partial charge in [-0.25, -0.2) is 0 Å². The van der Waals surface area contributed by atoms with E-state index in [0.717, 1.165) is 37.9 Å². The number of hydrogen-bond acceptors (Lipinski definition) is 7. The third kappa shape index (κ3) is 7.53. The quantitative estimate of drug-likeness (QED) is 0.227. The molecule has 3 saturated carbocycles. The first kappa shape index (κ1) is 24.8. The summed E-state index contributed by atoms with van der Waals surface area (Å²) in [4.78, 5) is 39.1. The fraction of sp³-hybridized carbons (Fsp3) is 0.815. The fourth-order valence-electron chi connectivity index (χ4n) is 5.21. The number of carbonyl (C=O) groups is 3. The van der Waals surface area contributed by atoms with Gasteiger partial charge in [-0.3, -0.25) is 14.4 Å². The third-order valence-corrected chi connectivity index (χ3v) is 8.14. The van der Waals surface area contributed by atoms with Gasteiger partial charge in [-0.1, -0.05) is 12.2 Å². The number of epoxide rings is 2. The summed E-state index contributed by atoms with van der Waals surface area (Å²) in [6, 6.07) is 0. The van der Waals surface area contributed by atoms with Gasteiger partial charge in [0, 0.05) is 13.0 Å². The zero-order valence-corrected chi connectivity index (χ0v) is 20.6. The first-order chi connectivity index (χ1) is 17.0. The molecule has 3 aliphatic carbocycles. The standard InChI is InChI=1S/C27H39NO7/c1-16(2-7-20-13-32-20)22-8-19(9-25(29)28-11-17-3-4-17)23(26(30)34-12-18-5-6-18)10-24(22)27(31)35-15-21-14-33-21/h17-24H,1-15H2,(H,28,29). The number of ether oxygens (including phenoxy) is 4. The van der Waals surface area contributed by atoms with Crippen LogP contribution >= 0.6 is 0 Å². The van der Waals surface area contributed by atoms with E-state index in [1.807, 2.05) is 0 Å². The Labute approximate surface area is 207 Å². The molecule has 0 spiro atoms. The Morgan fingerprint density at radius 3 is 2.14 bits per heavy atom. The molecule has 0 aromatic rings. The number of nitrogens with one attached hydrogen (secondary N) is 1. The number of esters is 2. The zero-order chi connectivity index (χ0) is 24.4. The average Bonchev–Trinajstić information content (AvgIpc) is 3.69. The minimum Gasteiger partial charge on any atom is -0.465 e. The van der Waals surface area contributed by atoms with Crippen LogP contribution in [0, 0.1) is 35.5 Å². The maximum Gasteiger partial charge on any atom is 0.309 e. The Morgan fingerprint density at radius 2 is 1.49 bits per heavy atom. The molecule has 0 aromatic heterocycles. The van der Waals surface area contributed by atoms with E-state index in [1.165, 1.54) is 12.8 Å². The summed E-state index contributed by atoms with van der Waals surface area (Å²) in [6.45, 7) is 7.11. The van der Waals surface area contributed by atoms with Crippen molar-refractivity contribution in [1.29, 1.82) is 0 Å². The molecule has 2 aliphatic heterocycles. The molecule has 35 heavy (non-hydrogen) atoms. The second-order valence-electron chi connectivity index (χ2n) is 11.3. The number of carbonyl (C=O) groups excluding carboxylic acids is 3. The fourth-order valence-corrected chi connectivity index (χ4v) is 5.21. The van der Waals surface area contributed by atoms with Gasteiger partial charge in [0.25, 0.3) is 0 Å². The first-order valence-corrected chi connectivity index (χ1v) is 13.5. The van der Waals surface area contributed by atoms with E-state index < -0.39 is 11.8 Å². The van der Waals surface area contributed by atoms with Crippen LogP contribution in [0.1, 0.15) is 57.8 Å². The van der Waals surface area contributed by atoms with Gasteiger partial charge < -0.3 is 24.3 Å². The molecule has 1 N–H and O–H groups in total. The maximum absolute atomic E-state index is 13.2. The lowest BCUT2D eigenvalue weighted by Gasteiger charge is -2.40. The molecular weight excluding hydrogens is 450 g/mol. The van der Waals surface area contributed by atoms with E-state index in [-0.39, 0.29) is 54.9 Å². The molecule has 6 unspecified atom stereocenters. The van der Waals surface area contributed by atoms with Gasteiger partial charge in [0.2, 0.25) is 5.91 Å². The third-order valence-electron chi connectivity index (χ3n) is 8.14. The predicted molar refractivity (Wildman–Crippen MR) is 126 cm³/mol. The second-order valence-corrected chi connectivity index (χ2v) is 11.3. The normalized spacial score (nSPS) is 33.5. The van der Waals surface area contributed by atoms with Gasteiger partial charge in [0.05, 0.1) is 37.8 Å². The number of allylic oxidation sites excluding steroid dienone is 1. The van der Waals surface area contributed by atoms with Crippen molar-refractivity contribution in [3.05, 3.63) is 12.2 Å². The Kier molecular flexibility index (Phi) is 7.77. The highest BCUT2D eigenvalue weighted by Gasteiger charge is 2.47. The van der Waals surface area contributed by atoms with Crippen LogP contribution in [0.25, 0.3) is 0 Å². The van der Waals surface area contributed by atoms with Crippen molar-refractivity contribution in [2.75, 3.05) is 33.0 Å². The first-order valence-electron chi connectivity index (χ1n) is 13.5. The van der Waals surface area contributed by atoms with Gasteiger partial charge in [-0.05, 0) is 75.0 Å². The van der Waals surface area contributed by atoms with Crippen LogP contribution in [0.5, 0.6) is 0 Å². The smallest absolute Gasteiger partial charge is 0.309 e. The van der Waals surface area contributed by atoms with E-state index in [4.69, 9.17) is 18.9 Å². The molecule has 0 radical (unpaired) electrons. The summed E-state index contributed by atoms with van der Waals surface area (Å²) in [5.74, 6) is -0.829. The topological polar surface area (TPSA) is 107 Å². The summed E-state index contributed by atoms with van der Waals surface area (Å²) in [5, 5.41) is 3.04. The van der Waals surface area contributed by atoms with Crippen molar-refractivity contribution >= 4 is 17.8 Å². The number of rotatable bonds is 14. The molecule has 5 rings (SSSR count). The summed E-state index contributed by atoms with van der Waals surface area (Å²) >= 11 is 0. The Morgan fingerprint density at radius 1 is 0.829 bits per heavy atom. The molecule has 194 valence electrons. The second kappa shape index (κ2) is 11.0. The highest BCUT2D eigenvalue weighted by molar-refractivity contribution is 5.80. The summed E-state index contributed by atoms with van der Waals surface area (Å²) in [7, 11) is 0. The highest BCUT2D eigenvalue weighted by Crippen LogP contribution is 2.45. The van der Waals surface area contributed by atoms with E-state index >= 15 is 0 Å². The minimum absolute atomic E-state index is 0.0153. The van der Waals surface area contributed by atoms with Crippen molar-refractivity contribution in [1.82, 2.24) is 5.32 Å². The monoisotopic (exact) mass is 489 g/mol. The molecule has 2 heterocycles. The molecule has 8 heteroatoms. The SMILES string of the molecule is C=C(CCC1CO1)C1CC(CC(=O)NCC2CC2)C(C(=O)OCC2CC2)CC1C(=O)OCC1CO1. The Bertz CT molecular complexity index is 812. The van der Waals surface area contributed by atoms with Crippen molar-refractivity contribution in [2.45, 2.75) is 70.0 Å². The predicted octanol–water partition coefficient (Wildman–Crippen LogP) is 2.79. The van der Waals surface area contributed by atoms with Crippen LogP contribution < -0.4 is 5.32 Å². The summed E-state index contributed by atoms with van der Waals surface area (Å²) in [6.07, 6.45) is 7.59. The van der Waals surface area contributed by atoms with Crippen LogP contribution in [0.2, 0.25) is 0 Å². The Balaban J connectivity index is 1.27.